The minimum Gasteiger partial charge on any atom is -0.497 e. The van der Waals surface area contributed by atoms with Gasteiger partial charge >= 0.3 is 0 Å². The van der Waals surface area contributed by atoms with Gasteiger partial charge in [0.2, 0.25) is 5.89 Å². The third-order valence-electron chi connectivity index (χ3n) is 3.39. The van der Waals surface area contributed by atoms with Crippen LogP contribution in [0.3, 0.4) is 0 Å². The van der Waals surface area contributed by atoms with Crippen LogP contribution in [0.4, 0.5) is 0 Å². The molecule has 1 aromatic heterocycles. The zero-order valence-electron chi connectivity index (χ0n) is 11.2. The molecule has 2 aromatic rings. The summed E-state index contributed by atoms with van der Waals surface area (Å²) in [5.74, 6) is 2.76. The molecule has 0 aliphatic carbocycles. The van der Waals surface area contributed by atoms with E-state index in [-0.39, 0.29) is 0 Å². The summed E-state index contributed by atoms with van der Waals surface area (Å²) < 4.78 is 10.4. The zero-order chi connectivity index (χ0) is 13.2. The number of rotatable bonds is 4. The van der Waals surface area contributed by atoms with Crippen molar-refractivity contribution in [3.63, 3.8) is 0 Å². The van der Waals surface area contributed by atoms with Crippen LogP contribution >= 0.6 is 0 Å². The summed E-state index contributed by atoms with van der Waals surface area (Å²) in [7, 11) is 1.69. The molecule has 0 atom stereocenters. The maximum Gasteiger partial charge on any atom is 0.232 e. The van der Waals surface area contributed by atoms with Crippen molar-refractivity contribution >= 4 is 0 Å². The first-order chi connectivity index (χ1) is 9.24. The van der Waals surface area contributed by atoms with Crippen LogP contribution in [0.1, 0.15) is 23.2 Å². The van der Waals surface area contributed by atoms with Gasteiger partial charge in [-0.15, -0.1) is 0 Å². The average molecular weight is 259 g/mol. The molecule has 1 aromatic carbocycles. The molecule has 19 heavy (non-hydrogen) atoms. The molecule has 0 radical (unpaired) electrons. The van der Waals surface area contributed by atoms with E-state index in [1.165, 1.54) is 5.56 Å². The Morgan fingerprint density at radius 1 is 1.42 bits per heavy atom. The molecular weight excluding hydrogens is 242 g/mol. The summed E-state index contributed by atoms with van der Waals surface area (Å²) in [6.45, 7) is 4.72. The Morgan fingerprint density at radius 2 is 2.26 bits per heavy atom. The molecule has 2 heterocycles. The van der Waals surface area contributed by atoms with Gasteiger partial charge < -0.3 is 9.26 Å². The number of methoxy groups -OCH3 is 1. The monoisotopic (exact) mass is 259 g/mol. The fourth-order valence-corrected chi connectivity index (χ4v) is 2.36. The van der Waals surface area contributed by atoms with Gasteiger partial charge in [-0.1, -0.05) is 17.3 Å². The van der Waals surface area contributed by atoms with E-state index in [0.29, 0.717) is 11.7 Å². The van der Waals surface area contributed by atoms with Crippen LogP contribution in [0.15, 0.2) is 28.8 Å². The minimum atomic E-state index is 0.381. The maximum absolute atomic E-state index is 5.23. The van der Waals surface area contributed by atoms with Crippen molar-refractivity contribution in [2.45, 2.75) is 19.4 Å². The van der Waals surface area contributed by atoms with Crippen LogP contribution < -0.4 is 4.74 Å². The molecule has 5 heteroatoms. The number of aromatic nitrogens is 2. The maximum atomic E-state index is 5.23. The first-order valence-electron chi connectivity index (χ1n) is 6.40. The Morgan fingerprint density at radius 3 is 2.95 bits per heavy atom. The van der Waals surface area contributed by atoms with Gasteiger partial charge in [-0.3, -0.25) is 4.90 Å². The third kappa shape index (κ3) is 2.61. The van der Waals surface area contributed by atoms with Crippen molar-refractivity contribution in [1.29, 1.82) is 0 Å². The molecule has 0 amide bonds. The van der Waals surface area contributed by atoms with E-state index in [4.69, 9.17) is 9.26 Å². The summed E-state index contributed by atoms with van der Waals surface area (Å²) in [4.78, 5) is 6.64. The van der Waals surface area contributed by atoms with Gasteiger partial charge in [-0.25, -0.2) is 0 Å². The quantitative estimate of drug-likeness (QED) is 0.840. The molecule has 0 saturated carbocycles. The lowest BCUT2D eigenvalue weighted by molar-refractivity contribution is 0.117. The smallest absolute Gasteiger partial charge is 0.232 e. The summed E-state index contributed by atoms with van der Waals surface area (Å²) in [6.07, 6.45) is 0. The standard InChI is InChI=1S/C14H17N3O2/c1-10-15-14(19-16-10)12-8-17(9-12)7-11-4-3-5-13(6-11)18-2/h3-6,12H,7-9H2,1-2H3. The first kappa shape index (κ1) is 12.2. The van der Waals surface area contributed by atoms with Gasteiger partial charge in [0, 0.05) is 19.6 Å². The Kier molecular flexibility index (Phi) is 3.21. The summed E-state index contributed by atoms with van der Waals surface area (Å²) in [5, 5.41) is 3.83. The highest BCUT2D eigenvalue weighted by atomic mass is 16.5. The SMILES string of the molecule is COc1cccc(CN2CC(c3nc(C)no3)C2)c1. The van der Waals surface area contributed by atoms with E-state index in [0.717, 1.165) is 31.3 Å². The predicted molar refractivity (Wildman–Crippen MR) is 70.0 cm³/mol. The number of ether oxygens (including phenoxy) is 1. The van der Waals surface area contributed by atoms with Crippen molar-refractivity contribution in [1.82, 2.24) is 15.0 Å². The highest BCUT2D eigenvalue weighted by Gasteiger charge is 2.32. The number of hydrogen-bond acceptors (Lipinski definition) is 5. The predicted octanol–water partition coefficient (Wildman–Crippen LogP) is 1.99. The highest BCUT2D eigenvalue weighted by Crippen LogP contribution is 2.27. The van der Waals surface area contributed by atoms with Crippen molar-refractivity contribution in [3.8, 4) is 5.75 Å². The summed E-state index contributed by atoms with van der Waals surface area (Å²) in [5.41, 5.74) is 1.26. The van der Waals surface area contributed by atoms with Crippen LogP contribution in [0.2, 0.25) is 0 Å². The Balaban J connectivity index is 1.56. The summed E-state index contributed by atoms with van der Waals surface area (Å²) in [6, 6.07) is 8.17. The number of nitrogens with zero attached hydrogens (tertiary/aromatic N) is 3. The van der Waals surface area contributed by atoms with Crippen molar-refractivity contribution in [3.05, 3.63) is 41.5 Å². The Hall–Kier alpha value is -1.88. The van der Waals surface area contributed by atoms with Gasteiger partial charge in [0.1, 0.15) is 5.75 Å². The van der Waals surface area contributed by atoms with E-state index in [1.807, 2.05) is 19.1 Å². The van der Waals surface area contributed by atoms with Crippen molar-refractivity contribution in [2.24, 2.45) is 0 Å². The van der Waals surface area contributed by atoms with E-state index >= 15 is 0 Å². The van der Waals surface area contributed by atoms with Crippen LogP contribution in [0.5, 0.6) is 5.75 Å². The number of aryl methyl sites for hydroxylation is 1. The Bertz CT molecular complexity index is 561. The van der Waals surface area contributed by atoms with Gasteiger partial charge in [0.25, 0.3) is 0 Å². The van der Waals surface area contributed by atoms with Gasteiger partial charge in [-0.2, -0.15) is 4.98 Å². The topological polar surface area (TPSA) is 51.4 Å². The molecule has 100 valence electrons. The molecule has 1 aliphatic heterocycles. The normalized spacial score (nSPS) is 16.3. The van der Waals surface area contributed by atoms with E-state index in [9.17, 15) is 0 Å². The van der Waals surface area contributed by atoms with Crippen LogP contribution in [0.25, 0.3) is 0 Å². The highest BCUT2D eigenvalue weighted by molar-refractivity contribution is 5.28. The fourth-order valence-electron chi connectivity index (χ4n) is 2.36. The van der Waals surface area contributed by atoms with E-state index in [1.54, 1.807) is 7.11 Å². The van der Waals surface area contributed by atoms with Crippen LogP contribution in [0, 0.1) is 6.92 Å². The minimum absolute atomic E-state index is 0.381. The first-order valence-corrected chi connectivity index (χ1v) is 6.40. The van der Waals surface area contributed by atoms with Crippen LogP contribution in [-0.2, 0) is 6.54 Å². The molecule has 1 saturated heterocycles. The molecule has 0 N–H and O–H groups in total. The van der Waals surface area contributed by atoms with Crippen LogP contribution in [-0.4, -0.2) is 35.2 Å². The molecule has 3 rings (SSSR count). The molecule has 1 aliphatic rings. The molecule has 1 fully saturated rings. The van der Waals surface area contributed by atoms with Gasteiger partial charge in [0.15, 0.2) is 5.82 Å². The molecule has 0 unspecified atom stereocenters. The second-order valence-electron chi connectivity index (χ2n) is 4.92. The van der Waals surface area contributed by atoms with Gasteiger partial charge in [0.05, 0.1) is 13.0 Å². The molecule has 5 nitrogen and oxygen atoms in total. The summed E-state index contributed by atoms with van der Waals surface area (Å²) >= 11 is 0. The largest absolute Gasteiger partial charge is 0.497 e. The van der Waals surface area contributed by atoms with Crippen molar-refractivity contribution < 1.29 is 9.26 Å². The fraction of sp³-hybridized carbons (Fsp3) is 0.429. The number of likely N-dealkylation sites (tertiary alicyclic amines) is 1. The Labute approximate surface area is 112 Å². The number of benzene rings is 1. The van der Waals surface area contributed by atoms with E-state index < -0.39 is 0 Å². The molecule has 0 bridgehead atoms. The number of hydrogen-bond donors (Lipinski definition) is 0. The zero-order valence-corrected chi connectivity index (χ0v) is 11.2. The lowest BCUT2D eigenvalue weighted by atomic mass is 9.99. The second-order valence-corrected chi connectivity index (χ2v) is 4.92. The van der Waals surface area contributed by atoms with Gasteiger partial charge in [-0.05, 0) is 24.6 Å². The third-order valence-corrected chi connectivity index (χ3v) is 3.39. The lowest BCUT2D eigenvalue weighted by Gasteiger charge is -2.37. The second kappa shape index (κ2) is 5.01. The lowest BCUT2D eigenvalue weighted by Crippen LogP contribution is -2.44. The van der Waals surface area contributed by atoms with E-state index in [2.05, 4.69) is 27.2 Å². The molecular formula is C14H17N3O2. The average Bonchev–Trinajstić information content (AvgIpc) is 2.80. The molecule has 0 spiro atoms. The van der Waals surface area contributed by atoms with Crippen molar-refractivity contribution in [2.75, 3.05) is 20.2 Å².